The lowest BCUT2D eigenvalue weighted by molar-refractivity contribution is 0.0286. The van der Waals surface area contributed by atoms with E-state index in [9.17, 15) is 9.59 Å². The Morgan fingerprint density at radius 3 is 2.43 bits per heavy atom. The fourth-order valence-corrected chi connectivity index (χ4v) is 6.50. The highest BCUT2D eigenvalue weighted by Gasteiger charge is 2.46. The van der Waals surface area contributed by atoms with E-state index >= 15 is 8.78 Å². The van der Waals surface area contributed by atoms with Crippen LogP contribution < -0.4 is 10.9 Å². The van der Waals surface area contributed by atoms with E-state index in [1.807, 2.05) is 0 Å². The summed E-state index contributed by atoms with van der Waals surface area (Å²) in [6, 6.07) is 5.20. The summed E-state index contributed by atoms with van der Waals surface area (Å²) >= 11 is 12.9. The van der Waals surface area contributed by atoms with Crippen molar-refractivity contribution in [2.45, 2.75) is 83.8 Å². The SMILES string of the molecule is CC(C)(C)OC(=O)N1CCC(Nc2cc(F)c3ncn(CCO[Si](C)(C)C(C)(C)C)c(=O)c3c2)(c2c(F)ccc(Cl)c2Cl)C1. The van der Waals surface area contributed by atoms with Crippen molar-refractivity contribution in [2.24, 2.45) is 0 Å². The Balaban J connectivity index is 1.72. The van der Waals surface area contributed by atoms with Gasteiger partial charge in [0, 0.05) is 24.3 Å². The maximum atomic E-state index is 15.5. The summed E-state index contributed by atoms with van der Waals surface area (Å²) in [6.45, 7) is 16.6. The third-order valence-electron chi connectivity index (χ3n) is 8.31. The zero-order valence-electron chi connectivity index (χ0n) is 26.4. The number of nitrogens with zero attached hydrogens (tertiary/aromatic N) is 3. The first kappa shape index (κ1) is 34.1. The van der Waals surface area contributed by atoms with Gasteiger partial charge in [-0.2, -0.15) is 0 Å². The lowest BCUT2D eigenvalue weighted by atomic mass is 9.87. The van der Waals surface area contributed by atoms with E-state index in [-0.39, 0.29) is 63.3 Å². The van der Waals surface area contributed by atoms with Crippen LogP contribution in [0, 0.1) is 11.6 Å². The summed E-state index contributed by atoms with van der Waals surface area (Å²) in [5, 5.41) is 3.35. The van der Waals surface area contributed by atoms with Gasteiger partial charge < -0.3 is 19.4 Å². The molecule has 1 unspecified atom stereocenters. The molecule has 240 valence electrons. The first-order valence-electron chi connectivity index (χ1n) is 14.5. The van der Waals surface area contributed by atoms with Crippen molar-refractivity contribution in [3.63, 3.8) is 0 Å². The van der Waals surface area contributed by atoms with Gasteiger partial charge in [0.15, 0.2) is 14.1 Å². The topological polar surface area (TPSA) is 85.7 Å². The number of amides is 1. The van der Waals surface area contributed by atoms with Gasteiger partial charge in [-0.15, -0.1) is 0 Å². The predicted molar refractivity (Wildman–Crippen MR) is 173 cm³/mol. The van der Waals surface area contributed by atoms with Crippen LogP contribution in [0.2, 0.25) is 28.2 Å². The molecule has 1 aromatic heterocycles. The lowest BCUT2D eigenvalue weighted by Gasteiger charge is -2.36. The maximum absolute atomic E-state index is 15.5. The van der Waals surface area contributed by atoms with Crippen LogP contribution in [0.25, 0.3) is 10.9 Å². The molecule has 1 saturated heterocycles. The number of ether oxygens (including phenoxy) is 1. The number of likely N-dealkylation sites (tertiary alicyclic amines) is 1. The van der Waals surface area contributed by atoms with Crippen LogP contribution in [-0.2, 0) is 21.2 Å². The third kappa shape index (κ3) is 7.06. The number of hydrogen-bond acceptors (Lipinski definition) is 6. The van der Waals surface area contributed by atoms with Gasteiger partial charge in [-0.3, -0.25) is 9.36 Å². The second-order valence-electron chi connectivity index (χ2n) is 13.8. The molecular weight excluding hydrogens is 629 g/mol. The second kappa shape index (κ2) is 12.2. The minimum atomic E-state index is -2.04. The number of nitrogens with one attached hydrogen (secondary N) is 1. The van der Waals surface area contributed by atoms with E-state index in [1.54, 1.807) is 20.8 Å². The Hall–Kier alpha value is -2.73. The van der Waals surface area contributed by atoms with Gasteiger partial charge in [-0.05, 0) is 69.6 Å². The molecule has 4 rings (SSSR count). The normalized spacial score (nSPS) is 17.8. The number of halogens is 4. The zero-order valence-corrected chi connectivity index (χ0v) is 28.9. The van der Waals surface area contributed by atoms with E-state index < -0.39 is 42.7 Å². The average molecular weight is 670 g/mol. The van der Waals surface area contributed by atoms with E-state index in [1.165, 1.54) is 40.1 Å². The third-order valence-corrected chi connectivity index (χ3v) is 13.7. The molecule has 2 heterocycles. The highest BCUT2D eigenvalue weighted by molar-refractivity contribution is 6.74. The summed E-state index contributed by atoms with van der Waals surface area (Å²) in [4.78, 5) is 32.1. The largest absolute Gasteiger partial charge is 0.444 e. The Bertz CT molecular complexity index is 1640. The molecule has 0 radical (unpaired) electrons. The number of aromatic nitrogens is 2. The summed E-state index contributed by atoms with van der Waals surface area (Å²) in [7, 11) is -2.04. The quantitative estimate of drug-likeness (QED) is 0.203. The summed E-state index contributed by atoms with van der Waals surface area (Å²) in [6.07, 6.45) is 0.926. The van der Waals surface area contributed by atoms with E-state index in [4.69, 9.17) is 32.4 Å². The van der Waals surface area contributed by atoms with Crippen molar-refractivity contribution >= 4 is 54.2 Å². The molecule has 1 atom stereocenters. The molecule has 3 aromatic rings. The standard InChI is InChI=1S/C31H40Cl2F2N4O4Si/c1-29(2,3)43-28(41)38-12-11-31(17-38,24-22(34)10-9-21(32)25(24)33)37-19-15-20-26(23(35)16-19)36-18-39(27(20)40)13-14-42-44(7,8)30(4,5)6/h9-10,15-16,18,37H,11-14,17H2,1-8H3. The minimum Gasteiger partial charge on any atom is -0.444 e. The van der Waals surface area contributed by atoms with Crippen LogP contribution in [0.1, 0.15) is 53.5 Å². The highest BCUT2D eigenvalue weighted by atomic mass is 35.5. The maximum Gasteiger partial charge on any atom is 0.410 e. The van der Waals surface area contributed by atoms with Crippen LogP contribution in [0.4, 0.5) is 19.3 Å². The number of benzene rings is 2. The van der Waals surface area contributed by atoms with Crippen LogP contribution in [-0.4, -0.2) is 54.2 Å². The number of anilines is 1. The molecule has 44 heavy (non-hydrogen) atoms. The van der Waals surface area contributed by atoms with Gasteiger partial charge in [0.05, 0.1) is 40.4 Å². The molecule has 1 aliphatic heterocycles. The number of carbonyl (C=O) groups excluding carboxylic acids is 1. The molecule has 0 saturated carbocycles. The van der Waals surface area contributed by atoms with Crippen LogP contribution >= 0.6 is 23.2 Å². The fourth-order valence-electron chi connectivity index (χ4n) is 4.98. The van der Waals surface area contributed by atoms with Crippen molar-refractivity contribution in [1.82, 2.24) is 14.5 Å². The van der Waals surface area contributed by atoms with Crippen molar-refractivity contribution < 1.29 is 22.7 Å². The van der Waals surface area contributed by atoms with E-state index in [0.717, 1.165) is 0 Å². The molecule has 0 bridgehead atoms. The molecule has 1 N–H and O–H groups in total. The number of hydrogen-bond donors (Lipinski definition) is 1. The summed E-state index contributed by atoms with van der Waals surface area (Å²) < 4.78 is 44.1. The summed E-state index contributed by atoms with van der Waals surface area (Å²) in [5.74, 6) is -1.38. The fraction of sp³-hybridized carbons (Fsp3) is 0.516. The molecule has 0 aliphatic carbocycles. The summed E-state index contributed by atoms with van der Waals surface area (Å²) in [5.41, 5.74) is -2.39. The Morgan fingerprint density at radius 1 is 1.11 bits per heavy atom. The van der Waals surface area contributed by atoms with Crippen molar-refractivity contribution in [3.8, 4) is 0 Å². The molecule has 13 heteroatoms. The van der Waals surface area contributed by atoms with Crippen molar-refractivity contribution in [3.05, 3.63) is 68.2 Å². The molecule has 2 aromatic carbocycles. The highest BCUT2D eigenvalue weighted by Crippen LogP contribution is 2.43. The Kier molecular flexibility index (Phi) is 9.49. The van der Waals surface area contributed by atoms with Gasteiger partial charge in [-0.25, -0.2) is 18.6 Å². The molecule has 1 amide bonds. The van der Waals surface area contributed by atoms with Crippen LogP contribution in [0.5, 0.6) is 0 Å². The zero-order chi connectivity index (χ0) is 32.8. The molecular formula is C31H40Cl2F2N4O4Si. The Morgan fingerprint density at radius 2 is 1.80 bits per heavy atom. The molecule has 1 fully saturated rings. The van der Waals surface area contributed by atoms with Crippen molar-refractivity contribution in [1.29, 1.82) is 0 Å². The lowest BCUT2D eigenvalue weighted by Crippen LogP contribution is -2.42. The molecule has 8 nitrogen and oxygen atoms in total. The first-order chi connectivity index (χ1) is 20.2. The van der Waals surface area contributed by atoms with Gasteiger partial charge in [0.25, 0.3) is 5.56 Å². The number of fused-ring (bicyclic) bond motifs is 1. The predicted octanol–water partition coefficient (Wildman–Crippen LogP) is 7.95. The van der Waals surface area contributed by atoms with E-state index in [2.05, 4.69) is 44.2 Å². The molecule has 0 spiro atoms. The first-order valence-corrected chi connectivity index (χ1v) is 18.1. The van der Waals surface area contributed by atoms with Gasteiger partial charge >= 0.3 is 6.09 Å². The Labute approximate surface area is 267 Å². The minimum absolute atomic E-state index is 0.00387. The second-order valence-corrected chi connectivity index (χ2v) is 19.4. The van der Waals surface area contributed by atoms with E-state index in [0.29, 0.717) is 6.61 Å². The number of carbonyl (C=O) groups is 1. The monoisotopic (exact) mass is 668 g/mol. The van der Waals surface area contributed by atoms with Gasteiger partial charge in [-0.1, -0.05) is 44.0 Å². The van der Waals surface area contributed by atoms with Gasteiger partial charge in [0.2, 0.25) is 0 Å². The smallest absolute Gasteiger partial charge is 0.410 e. The van der Waals surface area contributed by atoms with Crippen molar-refractivity contribution in [2.75, 3.05) is 25.0 Å². The van der Waals surface area contributed by atoms with Crippen LogP contribution in [0.3, 0.4) is 0 Å². The average Bonchev–Trinajstić information content (AvgIpc) is 3.31. The number of rotatable bonds is 7. The van der Waals surface area contributed by atoms with Gasteiger partial charge in [0.1, 0.15) is 16.9 Å². The molecule has 1 aliphatic rings. The van der Waals surface area contributed by atoms with Crippen LogP contribution in [0.15, 0.2) is 35.4 Å².